The second-order valence-electron chi connectivity index (χ2n) is 9.24. The third-order valence-electron chi connectivity index (χ3n) is 7.03. The van der Waals surface area contributed by atoms with Crippen molar-refractivity contribution in [2.45, 2.75) is 38.5 Å². The molecule has 5 rings (SSSR count). The predicted octanol–water partition coefficient (Wildman–Crippen LogP) is 5.08. The van der Waals surface area contributed by atoms with Crippen LogP contribution in [0.3, 0.4) is 0 Å². The van der Waals surface area contributed by atoms with Gasteiger partial charge in [0, 0.05) is 35.1 Å². The van der Waals surface area contributed by atoms with Crippen LogP contribution in [-0.4, -0.2) is 43.8 Å². The van der Waals surface area contributed by atoms with Crippen LogP contribution < -0.4 is 19.5 Å². The summed E-state index contributed by atoms with van der Waals surface area (Å²) in [6.07, 6.45) is 1.03. The van der Waals surface area contributed by atoms with Crippen LogP contribution in [0.15, 0.2) is 65.0 Å². The van der Waals surface area contributed by atoms with E-state index in [1.807, 2.05) is 49.4 Å². The maximum Gasteiger partial charge on any atom is 0.336 e. The molecule has 2 aromatic rings. The molecule has 2 atom stereocenters. The number of Topliss-reactive ketones (excluding diaryl/α,β-unsaturated/α-hetero) is 1. The number of ether oxygens (including phenoxy) is 4. The molecule has 0 spiro atoms. The number of carbonyl (C=O) groups is 2. The lowest BCUT2D eigenvalue weighted by Gasteiger charge is -2.36. The van der Waals surface area contributed by atoms with Crippen LogP contribution in [0.25, 0.3) is 0 Å². The summed E-state index contributed by atoms with van der Waals surface area (Å²) in [7, 11) is 1.64. The number of benzene rings is 2. The molecule has 37 heavy (non-hydrogen) atoms. The van der Waals surface area contributed by atoms with Gasteiger partial charge in [0.05, 0.1) is 12.7 Å². The Morgan fingerprint density at radius 3 is 2.59 bits per heavy atom. The van der Waals surface area contributed by atoms with Crippen molar-refractivity contribution < 1.29 is 28.5 Å². The van der Waals surface area contributed by atoms with Crippen molar-refractivity contribution in [2.24, 2.45) is 0 Å². The number of dihydropyridines is 1. The molecule has 0 saturated heterocycles. The number of esters is 1. The van der Waals surface area contributed by atoms with Crippen LogP contribution >= 0.6 is 11.8 Å². The lowest BCUT2D eigenvalue weighted by molar-refractivity contribution is -0.138. The van der Waals surface area contributed by atoms with Crippen molar-refractivity contribution in [3.05, 3.63) is 76.1 Å². The predicted molar refractivity (Wildman–Crippen MR) is 142 cm³/mol. The summed E-state index contributed by atoms with van der Waals surface area (Å²) < 4.78 is 22.1. The summed E-state index contributed by atoms with van der Waals surface area (Å²) in [6.45, 7) is 4.42. The number of rotatable bonds is 8. The molecule has 0 bridgehead atoms. The van der Waals surface area contributed by atoms with Crippen molar-refractivity contribution in [3.8, 4) is 17.2 Å². The Labute approximate surface area is 221 Å². The van der Waals surface area contributed by atoms with Gasteiger partial charge in [0.2, 0.25) is 6.79 Å². The Morgan fingerprint density at radius 1 is 1.08 bits per heavy atom. The topological polar surface area (TPSA) is 83.1 Å². The summed E-state index contributed by atoms with van der Waals surface area (Å²) in [5.41, 5.74) is 4.55. The minimum atomic E-state index is -0.540. The van der Waals surface area contributed by atoms with Gasteiger partial charge in [0.1, 0.15) is 12.4 Å². The van der Waals surface area contributed by atoms with Crippen molar-refractivity contribution in [1.29, 1.82) is 0 Å². The van der Waals surface area contributed by atoms with Crippen LogP contribution in [0.5, 0.6) is 17.2 Å². The van der Waals surface area contributed by atoms with E-state index in [-0.39, 0.29) is 18.5 Å². The molecule has 194 valence electrons. The minimum Gasteiger partial charge on any atom is -0.497 e. The highest BCUT2D eigenvalue weighted by molar-refractivity contribution is 7.99. The second kappa shape index (κ2) is 10.9. The molecule has 7 nitrogen and oxygen atoms in total. The number of hydrogen-bond donors (Lipinski definition) is 1. The van der Waals surface area contributed by atoms with E-state index >= 15 is 0 Å². The van der Waals surface area contributed by atoms with Gasteiger partial charge in [-0.3, -0.25) is 4.79 Å². The van der Waals surface area contributed by atoms with E-state index in [0.717, 1.165) is 34.1 Å². The monoisotopic (exact) mass is 521 g/mol. The smallest absolute Gasteiger partial charge is 0.336 e. The van der Waals surface area contributed by atoms with E-state index in [9.17, 15) is 9.59 Å². The summed E-state index contributed by atoms with van der Waals surface area (Å²) in [4.78, 5) is 27.2. The molecule has 0 unspecified atom stereocenters. The molecule has 2 heterocycles. The number of ketones is 1. The first kappa shape index (κ1) is 25.3. The van der Waals surface area contributed by atoms with Gasteiger partial charge < -0.3 is 24.3 Å². The van der Waals surface area contributed by atoms with Gasteiger partial charge in [0.25, 0.3) is 0 Å². The third-order valence-corrected chi connectivity index (χ3v) is 7.89. The van der Waals surface area contributed by atoms with Crippen LogP contribution in [0, 0.1) is 0 Å². The van der Waals surface area contributed by atoms with Crippen molar-refractivity contribution in [2.75, 3.05) is 32.0 Å². The summed E-state index contributed by atoms with van der Waals surface area (Å²) >= 11 is 1.72. The first-order valence-electron chi connectivity index (χ1n) is 12.5. The van der Waals surface area contributed by atoms with Gasteiger partial charge in [0.15, 0.2) is 17.3 Å². The Balaban J connectivity index is 1.51. The Morgan fingerprint density at radius 2 is 1.84 bits per heavy atom. The molecule has 1 N–H and O–H groups in total. The number of carbonyl (C=O) groups excluding carboxylic acids is 2. The molecule has 0 fully saturated rings. The number of methoxy groups -OCH3 is 1. The summed E-state index contributed by atoms with van der Waals surface area (Å²) in [5.74, 6) is 2.86. The average molecular weight is 522 g/mol. The molecule has 3 aliphatic rings. The van der Waals surface area contributed by atoms with E-state index in [4.69, 9.17) is 18.9 Å². The highest BCUT2D eigenvalue weighted by Crippen LogP contribution is 2.47. The standard InChI is InChI=1S/C29H31NO6S/c1-4-37-12-11-34-29(32)26-17(2)30-22-13-20(18-5-8-21(33-3)9-6-18)14-23(31)28(22)27(26)19-7-10-24-25(15-19)36-16-35-24/h5-10,15,20,27,30H,4,11-14,16H2,1-3H3/t20-,27-/m0/s1. The molecule has 8 heteroatoms. The number of thioether (sulfide) groups is 1. The van der Waals surface area contributed by atoms with E-state index in [2.05, 4.69) is 12.2 Å². The second-order valence-corrected chi connectivity index (χ2v) is 10.6. The molecule has 2 aromatic carbocycles. The van der Waals surface area contributed by atoms with E-state index in [1.165, 1.54) is 0 Å². The highest BCUT2D eigenvalue weighted by atomic mass is 32.2. The zero-order valence-corrected chi connectivity index (χ0v) is 22.1. The van der Waals surface area contributed by atoms with E-state index in [0.29, 0.717) is 47.8 Å². The lowest BCUT2D eigenvalue weighted by atomic mass is 9.71. The highest BCUT2D eigenvalue weighted by Gasteiger charge is 2.41. The minimum absolute atomic E-state index is 0.0246. The lowest BCUT2D eigenvalue weighted by Crippen LogP contribution is -2.36. The van der Waals surface area contributed by atoms with Crippen molar-refractivity contribution >= 4 is 23.5 Å². The molecular weight excluding hydrogens is 490 g/mol. The van der Waals surface area contributed by atoms with Gasteiger partial charge in [-0.05, 0) is 60.4 Å². The molecule has 0 saturated carbocycles. The first-order chi connectivity index (χ1) is 18.0. The fraction of sp³-hybridized carbons (Fsp3) is 0.379. The maximum absolute atomic E-state index is 13.8. The number of nitrogens with one attached hydrogen (secondary N) is 1. The summed E-state index contributed by atoms with van der Waals surface area (Å²) in [6, 6.07) is 13.5. The Bertz CT molecular complexity index is 1270. The zero-order chi connectivity index (χ0) is 25.9. The molecule has 1 aliphatic carbocycles. The molecule has 0 amide bonds. The average Bonchev–Trinajstić information content (AvgIpc) is 3.38. The Kier molecular flexibility index (Phi) is 7.46. The van der Waals surface area contributed by atoms with Crippen LogP contribution in [0.1, 0.15) is 49.7 Å². The maximum atomic E-state index is 13.8. The van der Waals surface area contributed by atoms with Crippen LogP contribution in [-0.2, 0) is 14.3 Å². The fourth-order valence-electron chi connectivity index (χ4n) is 5.26. The summed E-state index contributed by atoms with van der Waals surface area (Å²) in [5, 5.41) is 3.41. The van der Waals surface area contributed by atoms with Crippen LogP contribution in [0.2, 0.25) is 0 Å². The Hall–Kier alpha value is -3.39. The van der Waals surface area contributed by atoms with Gasteiger partial charge in [-0.25, -0.2) is 4.79 Å². The van der Waals surface area contributed by atoms with Gasteiger partial charge in [-0.2, -0.15) is 11.8 Å². The molecule has 0 aromatic heterocycles. The van der Waals surface area contributed by atoms with E-state index < -0.39 is 11.9 Å². The normalized spacial score (nSPS) is 20.5. The fourth-order valence-corrected chi connectivity index (χ4v) is 5.75. The zero-order valence-electron chi connectivity index (χ0n) is 21.3. The van der Waals surface area contributed by atoms with Crippen molar-refractivity contribution in [1.82, 2.24) is 5.32 Å². The largest absolute Gasteiger partial charge is 0.497 e. The SMILES string of the molecule is CCSCCOC(=O)C1=C(C)NC2=C(C(=O)C[C@@H](c3ccc(OC)cc3)C2)[C@H]1c1ccc2c(c1)OCO2. The van der Waals surface area contributed by atoms with Gasteiger partial charge in [-0.1, -0.05) is 25.1 Å². The quantitative estimate of drug-likeness (QED) is 0.380. The van der Waals surface area contributed by atoms with Crippen LogP contribution in [0.4, 0.5) is 0 Å². The molecule has 0 radical (unpaired) electrons. The number of hydrogen-bond acceptors (Lipinski definition) is 8. The van der Waals surface area contributed by atoms with Crippen molar-refractivity contribution in [3.63, 3.8) is 0 Å². The first-order valence-corrected chi connectivity index (χ1v) is 13.7. The number of allylic oxidation sites excluding steroid dienone is 3. The third kappa shape index (κ3) is 5.07. The van der Waals surface area contributed by atoms with Gasteiger partial charge in [-0.15, -0.1) is 0 Å². The molecule has 2 aliphatic heterocycles. The molecular formula is C29H31NO6S. The number of fused-ring (bicyclic) bond motifs is 1. The van der Waals surface area contributed by atoms with Gasteiger partial charge >= 0.3 is 5.97 Å². The van der Waals surface area contributed by atoms with E-state index in [1.54, 1.807) is 18.9 Å².